The van der Waals surface area contributed by atoms with Crippen molar-refractivity contribution in [3.8, 4) is 0 Å². The van der Waals surface area contributed by atoms with Crippen molar-refractivity contribution in [3.63, 3.8) is 0 Å². The number of nitrogens with one attached hydrogen (secondary N) is 1. The minimum Gasteiger partial charge on any atom is -0.302 e. The van der Waals surface area contributed by atoms with Crippen molar-refractivity contribution in [3.05, 3.63) is 42.1 Å². The maximum Gasteiger partial charge on any atom is 0.155 e. The highest BCUT2D eigenvalue weighted by molar-refractivity contribution is 5.89. The second-order valence-electron chi connectivity index (χ2n) is 8.30. The zero-order chi connectivity index (χ0) is 17.3. The first-order valence-corrected chi connectivity index (χ1v) is 8.22. The lowest BCUT2D eigenvalue weighted by atomic mass is 9.83. The summed E-state index contributed by atoms with van der Waals surface area (Å²) in [7, 11) is 0. The monoisotopic (exact) mass is 312 g/mol. The van der Waals surface area contributed by atoms with E-state index in [0.29, 0.717) is 6.42 Å². The molecule has 0 radical (unpaired) electrons. The summed E-state index contributed by atoms with van der Waals surface area (Å²) in [5.41, 5.74) is 1.68. The average molecular weight is 312 g/mol. The lowest BCUT2D eigenvalue weighted by molar-refractivity contribution is -0.128. The molecule has 1 atom stereocenters. The van der Waals surface area contributed by atoms with Crippen LogP contribution in [-0.4, -0.2) is 22.3 Å². The van der Waals surface area contributed by atoms with E-state index < -0.39 is 0 Å². The van der Waals surface area contributed by atoms with Crippen molar-refractivity contribution >= 4 is 16.7 Å². The second-order valence-corrected chi connectivity index (χ2v) is 8.30. The SMILES string of the molecule is CC(C)(C)NC(Cc1ccc2ncccc2c1)C(=O)C(C)(C)C. The van der Waals surface area contributed by atoms with E-state index in [2.05, 4.69) is 49.3 Å². The van der Waals surface area contributed by atoms with Gasteiger partial charge in [0.2, 0.25) is 0 Å². The minimum atomic E-state index is -0.360. The van der Waals surface area contributed by atoms with Crippen LogP contribution in [0, 0.1) is 5.41 Å². The van der Waals surface area contributed by atoms with Crippen LogP contribution in [0.1, 0.15) is 47.1 Å². The zero-order valence-corrected chi connectivity index (χ0v) is 15.1. The number of Topliss-reactive ketones (excluding diaryl/α,β-unsaturated/α-hetero) is 1. The van der Waals surface area contributed by atoms with Crippen molar-refractivity contribution in [1.29, 1.82) is 0 Å². The normalized spacial score (nSPS) is 14.0. The van der Waals surface area contributed by atoms with Crippen molar-refractivity contribution in [2.45, 2.75) is 59.5 Å². The van der Waals surface area contributed by atoms with Gasteiger partial charge in [-0.2, -0.15) is 0 Å². The van der Waals surface area contributed by atoms with Crippen LogP contribution in [0.3, 0.4) is 0 Å². The summed E-state index contributed by atoms with van der Waals surface area (Å²) in [5, 5.41) is 4.61. The molecule has 0 aliphatic rings. The number of benzene rings is 1. The van der Waals surface area contributed by atoms with Gasteiger partial charge in [0.15, 0.2) is 5.78 Å². The maximum absolute atomic E-state index is 12.8. The Labute approximate surface area is 139 Å². The Kier molecular flexibility index (Phi) is 4.90. The zero-order valence-electron chi connectivity index (χ0n) is 15.1. The topological polar surface area (TPSA) is 42.0 Å². The van der Waals surface area contributed by atoms with Crippen LogP contribution in [0.5, 0.6) is 0 Å². The first-order chi connectivity index (χ1) is 10.6. The lowest BCUT2D eigenvalue weighted by Gasteiger charge is -2.32. The van der Waals surface area contributed by atoms with E-state index in [0.717, 1.165) is 16.5 Å². The van der Waals surface area contributed by atoms with Crippen LogP contribution in [0.4, 0.5) is 0 Å². The Hall–Kier alpha value is -1.74. The average Bonchev–Trinajstić information content (AvgIpc) is 2.43. The Morgan fingerprint density at radius 3 is 2.43 bits per heavy atom. The molecule has 3 nitrogen and oxygen atoms in total. The van der Waals surface area contributed by atoms with Gasteiger partial charge in [-0.05, 0) is 51.0 Å². The van der Waals surface area contributed by atoms with Crippen LogP contribution in [-0.2, 0) is 11.2 Å². The highest BCUT2D eigenvalue weighted by Gasteiger charge is 2.31. The number of carbonyl (C=O) groups is 1. The van der Waals surface area contributed by atoms with Gasteiger partial charge in [-0.25, -0.2) is 0 Å². The summed E-state index contributed by atoms with van der Waals surface area (Å²) in [5.74, 6) is 0.249. The van der Waals surface area contributed by atoms with Gasteiger partial charge >= 0.3 is 0 Å². The molecular weight excluding hydrogens is 284 g/mol. The molecule has 1 unspecified atom stereocenters. The van der Waals surface area contributed by atoms with Gasteiger partial charge < -0.3 is 5.32 Å². The Morgan fingerprint density at radius 1 is 1.13 bits per heavy atom. The fourth-order valence-electron chi connectivity index (χ4n) is 2.74. The number of aromatic nitrogens is 1. The summed E-state index contributed by atoms with van der Waals surface area (Å²) in [4.78, 5) is 17.2. The van der Waals surface area contributed by atoms with E-state index in [9.17, 15) is 4.79 Å². The van der Waals surface area contributed by atoms with Gasteiger partial charge in [0.25, 0.3) is 0 Å². The predicted octanol–water partition coefficient (Wildman–Crippen LogP) is 4.15. The van der Waals surface area contributed by atoms with E-state index in [1.54, 1.807) is 6.20 Å². The third-order valence-electron chi connectivity index (χ3n) is 3.77. The number of fused-ring (bicyclic) bond motifs is 1. The van der Waals surface area contributed by atoms with E-state index in [4.69, 9.17) is 0 Å². The maximum atomic E-state index is 12.8. The van der Waals surface area contributed by atoms with E-state index >= 15 is 0 Å². The molecule has 23 heavy (non-hydrogen) atoms. The van der Waals surface area contributed by atoms with Crippen molar-refractivity contribution in [2.75, 3.05) is 0 Å². The summed E-state index contributed by atoms with van der Waals surface area (Å²) in [6, 6.07) is 10.0. The second kappa shape index (κ2) is 6.40. The van der Waals surface area contributed by atoms with Crippen LogP contribution in [0.2, 0.25) is 0 Å². The van der Waals surface area contributed by atoms with Crippen LogP contribution in [0.15, 0.2) is 36.5 Å². The summed E-state index contributed by atoms with van der Waals surface area (Å²) >= 11 is 0. The van der Waals surface area contributed by atoms with Crippen molar-refractivity contribution in [1.82, 2.24) is 10.3 Å². The number of nitrogens with zero attached hydrogens (tertiary/aromatic N) is 1. The molecule has 0 amide bonds. The fourth-order valence-corrected chi connectivity index (χ4v) is 2.74. The molecule has 0 aliphatic heterocycles. The van der Waals surface area contributed by atoms with E-state index in [1.807, 2.05) is 32.9 Å². The lowest BCUT2D eigenvalue weighted by Crippen LogP contribution is -2.51. The summed E-state index contributed by atoms with van der Waals surface area (Å²) in [6.45, 7) is 12.2. The largest absolute Gasteiger partial charge is 0.302 e. The molecule has 1 aromatic heterocycles. The highest BCUT2D eigenvalue weighted by Crippen LogP contribution is 2.22. The number of pyridine rings is 1. The molecule has 2 aromatic rings. The molecule has 2 rings (SSSR count). The third kappa shape index (κ3) is 4.87. The molecular formula is C20H28N2O. The quantitative estimate of drug-likeness (QED) is 0.922. The standard InChI is InChI=1S/C20H28N2O/c1-19(2,3)18(23)17(22-20(4,5)6)13-14-9-10-16-15(12-14)8-7-11-21-16/h7-12,17,22H,13H2,1-6H3. The van der Waals surface area contributed by atoms with Gasteiger partial charge in [-0.1, -0.05) is 32.9 Å². The first-order valence-electron chi connectivity index (χ1n) is 8.22. The molecule has 3 heteroatoms. The Balaban J connectivity index is 2.29. The van der Waals surface area contributed by atoms with Gasteiger partial charge in [0.1, 0.15) is 0 Å². The molecule has 1 aromatic carbocycles. The number of hydrogen-bond donors (Lipinski definition) is 1. The number of ketones is 1. The molecule has 0 aliphatic carbocycles. The first kappa shape index (κ1) is 17.6. The predicted molar refractivity (Wildman–Crippen MR) is 96.6 cm³/mol. The molecule has 1 heterocycles. The molecule has 0 saturated heterocycles. The van der Waals surface area contributed by atoms with E-state index in [-0.39, 0.29) is 22.8 Å². The molecule has 0 saturated carbocycles. The molecule has 124 valence electrons. The van der Waals surface area contributed by atoms with Gasteiger partial charge in [0.05, 0.1) is 11.6 Å². The fraction of sp³-hybridized carbons (Fsp3) is 0.500. The third-order valence-corrected chi connectivity index (χ3v) is 3.77. The molecule has 0 fully saturated rings. The highest BCUT2D eigenvalue weighted by atomic mass is 16.1. The Morgan fingerprint density at radius 2 is 1.83 bits per heavy atom. The van der Waals surface area contributed by atoms with Crippen LogP contribution >= 0.6 is 0 Å². The summed E-state index contributed by atoms with van der Waals surface area (Å²) in [6.07, 6.45) is 2.49. The summed E-state index contributed by atoms with van der Waals surface area (Å²) < 4.78 is 0. The van der Waals surface area contributed by atoms with Crippen LogP contribution in [0.25, 0.3) is 10.9 Å². The Bertz CT molecular complexity index is 693. The van der Waals surface area contributed by atoms with Crippen LogP contribution < -0.4 is 5.32 Å². The van der Waals surface area contributed by atoms with E-state index in [1.165, 1.54) is 0 Å². The minimum absolute atomic E-state index is 0.107. The van der Waals surface area contributed by atoms with Crippen molar-refractivity contribution in [2.24, 2.45) is 5.41 Å². The molecule has 0 spiro atoms. The number of hydrogen-bond acceptors (Lipinski definition) is 3. The molecule has 1 N–H and O–H groups in total. The van der Waals surface area contributed by atoms with Gasteiger partial charge in [-0.15, -0.1) is 0 Å². The number of rotatable bonds is 4. The van der Waals surface area contributed by atoms with Crippen molar-refractivity contribution < 1.29 is 4.79 Å². The smallest absolute Gasteiger partial charge is 0.155 e. The number of carbonyl (C=O) groups excluding carboxylic acids is 1. The van der Waals surface area contributed by atoms with Gasteiger partial charge in [0, 0.05) is 22.5 Å². The van der Waals surface area contributed by atoms with Gasteiger partial charge in [-0.3, -0.25) is 9.78 Å². The molecule has 0 bridgehead atoms.